The Morgan fingerprint density at radius 1 is 0.765 bits per heavy atom. The zero-order chi connectivity index (χ0) is 37.6. The van der Waals surface area contributed by atoms with Crippen molar-refractivity contribution in [1.82, 2.24) is 0 Å². The minimum atomic E-state index is -4.73. The van der Waals surface area contributed by atoms with Crippen molar-refractivity contribution in [3.8, 4) is 11.5 Å². The van der Waals surface area contributed by atoms with Gasteiger partial charge in [-0.3, -0.25) is 14.6 Å². The molecule has 0 aliphatic heterocycles. The van der Waals surface area contributed by atoms with Gasteiger partial charge in [-0.1, -0.05) is 12.1 Å². The third-order valence-corrected chi connectivity index (χ3v) is 8.60. The molecule has 16 heteroatoms. The van der Waals surface area contributed by atoms with Crippen molar-refractivity contribution in [3.63, 3.8) is 0 Å². The van der Waals surface area contributed by atoms with Gasteiger partial charge in [-0.15, -0.1) is 11.8 Å². The number of nitrogens with two attached hydrogens (primary N) is 4. The van der Waals surface area contributed by atoms with Crippen LogP contribution in [-0.4, -0.2) is 49.5 Å². The van der Waals surface area contributed by atoms with Crippen LogP contribution in [0.4, 0.5) is 32.0 Å². The van der Waals surface area contributed by atoms with Crippen LogP contribution in [0.5, 0.6) is 11.5 Å². The fraction of sp³-hybridized carbons (Fsp3) is 0.400. The van der Waals surface area contributed by atoms with Crippen LogP contribution in [0.15, 0.2) is 64.5 Å². The minimum absolute atomic E-state index is 0.0775. The molecule has 9 N–H and O–H groups in total. The van der Waals surface area contributed by atoms with Gasteiger partial charge in [0.05, 0.1) is 11.1 Å². The molecule has 0 fully saturated rings. The van der Waals surface area contributed by atoms with Crippen LogP contribution in [-0.2, 0) is 41.2 Å². The third kappa shape index (κ3) is 14.1. The van der Waals surface area contributed by atoms with Gasteiger partial charge in [0.1, 0.15) is 23.1 Å². The number of alkyl halides is 6. The van der Waals surface area contributed by atoms with Gasteiger partial charge in [0.25, 0.3) is 0 Å². The number of carbonyl (C=O) groups excluding carboxylic acids is 2. The monoisotopic (exact) mass is 740 g/mol. The lowest BCUT2D eigenvalue weighted by Gasteiger charge is -2.18. The largest absolute Gasteiger partial charge is 0.457 e. The number of thioether (sulfide) groups is 1. The maximum absolute atomic E-state index is 14.0. The van der Waals surface area contributed by atoms with E-state index in [-0.39, 0.29) is 72.3 Å². The van der Waals surface area contributed by atoms with E-state index in [9.17, 15) is 35.9 Å². The standard InChI is InChI=1S/C35H42F6N6O3S/c36-34(37,38)25-15-23(17-28(48)6-1-2-10-47-33(44)45)32(51-12-9-43)24(16-25)18-29(49)13-22-5-3-7-30(14-22)50-31-20-26(35(39,40)41)19-27(21-31)46-11-4-8-42/h3,5,7,14-16,19-21,46H,1-2,4,6,8-13,17-18,42-43H2,(H4,44,45,47). The van der Waals surface area contributed by atoms with Crippen LogP contribution in [0, 0.1) is 0 Å². The number of anilines is 1. The summed E-state index contributed by atoms with van der Waals surface area (Å²) in [6.45, 7) is 1.23. The van der Waals surface area contributed by atoms with Gasteiger partial charge in [-0.2, -0.15) is 26.3 Å². The van der Waals surface area contributed by atoms with Crippen molar-refractivity contribution in [2.24, 2.45) is 27.9 Å². The number of Topliss-reactive ketones (excluding diaryl/α,β-unsaturated/α-hetero) is 2. The van der Waals surface area contributed by atoms with Crippen molar-refractivity contribution in [3.05, 3.63) is 82.4 Å². The van der Waals surface area contributed by atoms with Gasteiger partial charge in [0.15, 0.2) is 5.96 Å². The summed E-state index contributed by atoms with van der Waals surface area (Å²) in [4.78, 5) is 30.4. The average molecular weight is 741 g/mol. The van der Waals surface area contributed by atoms with E-state index in [0.717, 1.165) is 24.3 Å². The number of nitrogens with zero attached hydrogens (tertiary/aromatic N) is 1. The molecule has 0 radical (unpaired) electrons. The Bertz CT molecular complexity index is 1660. The maximum atomic E-state index is 14.0. The highest BCUT2D eigenvalue weighted by Gasteiger charge is 2.33. The number of guanidine groups is 1. The van der Waals surface area contributed by atoms with Gasteiger partial charge in [0.2, 0.25) is 0 Å². The molecule has 0 aliphatic carbocycles. The van der Waals surface area contributed by atoms with Crippen molar-refractivity contribution >= 4 is 35.0 Å². The number of ketones is 2. The second-order valence-corrected chi connectivity index (χ2v) is 12.8. The highest BCUT2D eigenvalue weighted by Crippen LogP contribution is 2.38. The second kappa shape index (κ2) is 19.4. The van der Waals surface area contributed by atoms with E-state index in [2.05, 4.69) is 10.3 Å². The summed E-state index contributed by atoms with van der Waals surface area (Å²) in [5.74, 6) is -0.377. The molecular weight excluding hydrogens is 698 g/mol. The van der Waals surface area contributed by atoms with Crippen LogP contribution in [0.1, 0.15) is 53.5 Å². The number of hydrogen-bond acceptors (Lipinski definition) is 8. The molecule has 9 nitrogen and oxygen atoms in total. The minimum Gasteiger partial charge on any atom is -0.457 e. The highest BCUT2D eigenvalue weighted by molar-refractivity contribution is 7.99. The van der Waals surface area contributed by atoms with E-state index in [4.69, 9.17) is 27.7 Å². The smallest absolute Gasteiger partial charge is 0.416 e. The Kier molecular flexibility index (Phi) is 15.6. The van der Waals surface area contributed by atoms with Crippen LogP contribution in [0.2, 0.25) is 0 Å². The molecule has 278 valence electrons. The molecule has 3 rings (SSSR count). The molecule has 0 bridgehead atoms. The van der Waals surface area contributed by atoms with E-state index in [1.165, 1.54) is 30.0 Å². The molecule has 0 saturated carbocycles. The van der Waals surface area contributed by atoms with Crippen molar-refractivity contribution < 1.29 is 40.7 Å². The summed E-state index contributed by atoms with van der Waals surface area (Å²) in [5.41, 5.74) is 20.8. The fourth-order valence-electron chi connectivity index (χ4n) is 5.09. The lowest BCUT2D eigenvalue weighted by Crippen LogP contribution is -2.22. The predicted octanol–water partition coefficient (Wildman–Crippen LogP) is 6.24. The first-order chi connectivity index (χ1) is 24.1. The van der Waals surface area contributed by atoms with E-state index >= 15 is 0 Å². The molecule has 0 atom stereocenters. The number of carbonyl (C=O) groups is 2. The summed E-state index contributed by atoms with van der Waals surface area (Å²) in [6, 6.07) is 11.2. The third-order valence-electron chi connectivity index (χ3n) is 7.35. The Balaban J connectivity index is 1.83. The quantitative estimate of drug-likeness (QED) is 0.0296. The Labute approximate surface area is 296 Å². The molecule has 3 aromatic rings. The molecule has 0 saturated heterocycles. The molecule has 0 aromatic heterocycles. The van der Waals surface area contributed by atoms with E-state index < -0.39 is 29.3 Å². The van der Waals surface area contributed by atoms with Crippen LogP contribution in [0.3, 0.4) is 0 Å². The number of ether oxygens (including phenoxy) is 1. The Morgan fingerprint density at radius 2 is 1.43 bits per heavy atom. The molecule has 51 heavy (non-hydrogen) atoms. The number of aliphatic imine (C=N–C) groups is 1. The lowest BCUT2D eigenvalue weighted by atomic mass is 9.95. The average Bonchev–Trinajstić information content (AvgIpc) is 3.03. The van der Waals surface area contributed by atoms with Gasteiger partial charge in [-0.05, 0) is 78.9 Å². The summed E-state index contributed by atoms with van der Waals surface area (Å²) in [5, 5.41) is 2.89. The van der Waals surface area contributed by atoms with Crippen molar-refractivity contribution in [2.45, 2.75) is 62.2 Å². The SMILES string of the molecule is NCCCNc1cc(Oc2cccc(CC(=O)Cc3cc(C(F)(F)F)cc(CC(=O)CCCCN=C(N)N)c3SCCN)c2)cc(C(F)(F)F)c1. The molecule has 0 spiro atoms. The lowest BCUT2D eigenvalue weighted by molar-refractivity contribution is -0.138. The fourth-order valence-corrected chi connectivity index (χ4v) is 6.04. The maximum Gasteiger partial charge on any atom is 0.416 e. The summed E-state index contributed by atoms with van der Waals surface area (Å²) < 4.78 is 88.6. The normalized spacial score (nSPS) is 11.7. The molecule has 0 heterocycles. The number of rotatable bonds is 20. The number of halogens is 6. The zero-order valence-electron chi connectivity index (χ0n) is 27.8. The number of benzene rings is 3. The topological polar surface area (TPSA) is 172 Å². The van der Waals surface area contributed by atoms with Gasteiger partial charge in [0, 0.05) is 67.7 Å². The predicted molar refractivity (Wildman–Crippen MR) is 187 cm³/mol. The Morgan fingerprint density at radius 3 is 2.06 bits per heavy atom. The first-order valence-electron chi connectivity index (χ1n) is 16.2. The summed E-state index contributed by atoms with van der Waals surface area (Å²) in [6.07, 6.45) is -8.60. The molecular formula is C35H42F6N6O3S. The van der Waals surface area contributed by atoms with E-state index in [0.29, 0.717) is 55.1 Å². The summed E-state index contributed by atoms with van der Waals surface area (Å²) >= 11 is 1.18. The van der Waals surface area contributed by atoms with Crippen LogP contribution >= 0.6 is 11.8 Å². The van der Waals surface area contributed by atoms with Crippen molar-refractivity contribution in [2.75, 3.05) is 37.2 Å². The first kappa shape index (κ1) is 41.1. The second-order valence-electron chi connectivity index (χ2n) is 11.7. The molecule has 3 aromatic carbocycles. The van der Waals surface area contributed by atoms with Gasteiger partial charge < -0.3 is 33.0 Å². The highest BCUT2D eigenvalue weighted by atomic mass is 32.2. The number of hydrogen-bond donors (Lipinski definition) is 5. The van der Waals surface area contributed by atoms with Crippen molar-refractivity contribution in [1.29, 1.82) is 0 Å². The Hall–Kier alpha value is -4.28. The summed E-state index contributed by atoms with van der Waals surface area (Å²) in [7, 11) is 0. The number of nitrogens with one attached hydrogen (secondary N) is 1. The van der Waals surface area contributed by atoms with Gasteiger partial charge >= 0.3 is 12.4 Å². The van der Waals surface area contributed by atoms with Crippen LogP contribution in [0.25, 0.3) is 0 Å². The number of unbranched alkanes of at least 4 members (excludes halogenated alkanes) is 1. The molecule has 0 amide bonds. The van der Waals surface area contributed by atoms with E-state index in [1.54, 1.807) is 12.1 Å². The van der Waals surface area contributed by atoms with Crippen LogP contribution < -0.4 is 33.0 Å². The molecule has 0 aliphatic rings. The zero-order valence-corrected chi connectivity index (χ0v) is 28.7. The van der Waals surface area contributed by atoms with Gasteiger partial charge in [-0.25, -0.2) is 0 Å². The first-order valence-corrected chi connectivity index (χ1v) is 17.1. The van der Waals surface area contributed by atoms with E-state index in [1.807, 2.05) is 0 Å². The molecule has 0 unspecified atom stereocenters.